The fourth-order valence-electron chi connectivity index (χ4n) is 3.39. The summed E-state index contributed by atoms with van der Waals surface area (Å²) in [6.45, 7) is 5.53. The molecule has 3 rings (SSSR count). The lowest BCUT2D eigenvalue weighted by Gasteiger charge is -2.32. The molecule has 2 heterocycles. The second-order valence-electron chi connectivity index (χ2n) is 6.76. The second kappa shape index (κ2) is 7.55. The standard InChI is InChI=1S/C20H24N2O3/c1-14-9-15(2)11-17(10-14)20(24)22-7-3-5-16(13-22)19(23)21-12-18-6-4-8-25-18/h4,6,8-11,16H,3,5,7,12-13H2,1-2H3,(H,21,23)/t16-/m0/s1. The maximum atomic E-state index is 12.8. The van der Waals surface area contributed by atoms with Gasteiger partial charge in [0.05, 0.1) is 18.7 Å². The topological polar surface area (TPSA) is 62.6 Å². The van der Waals surface area contributed by atoms with Gasteiger partial charge < -0.3 is 14.6 Å². The molecule has 0 aliphatic carbocycles. The van der Waals surface area contributed by atoms with E-state index >= 15 is 0 Å². The Morgan fingerprint density at radius 3 is 2.68 bits per heavy atom. The summed E-state index contributed by atoms with van der Waals surface area (Å²) in [6, 6.07) is 9.51. The quantitative estimate of drug-likeness (QED) is 0.930. The third kappa shape index (κ3) is 4.29. The Labute approximate surface area is 148 Å². The molecule has 0 bridgehead atoms. The van der Waals surface area contributed by atoms with Crippen LogP contribution in [0.25, 0.3) is 0 Å². The van der Waals surface area contributed by atoms with Crippen molar-refractivity contribution in [2.24, 2.45) is 5.92 Å². The number of hydrogen-bond donors (Lipinski definition) is 1. The molecule has 0 spiro atoms. The van der Waals surface area contributed by atoms with Crippen LogP contribution in [-0.4, -0.2) is 29.8 Å². The third-order valence-corrected chi connectivity index (χ3v) is 4.56. The summed E-state index contributed by atoms with van der Waals surface area (Å²) in [5.74, 6) is 0.551. The lowest BCUT2D eigenvalue weighted by atomic mass is 9.96. The normalized spacial score (nSPS) is 17.4. The van der Waals surface area contributed by atoms with E-state index in [1.807, 2.05) is 32.0 Å². The van der Waals surface area contributed by atoms with Crippen molar-refractivity contribution in [1.29, 1.82) is 0 Å². The number of hydrogen-bond acceptors (Lipinski definition) is 3. The highest BCUT2D eigenvalue weighted by atomic mass is 16.3. The summed E-state index contributed by atoms with van der Waals surface area (Å²) in [7, 11) is 0. The van der Waals surface area contributed by atoms with Crippen molar-refractivity contribution < 1.29 is 14.0 Å². The molecule has 1 N–H and O–H groups in total. The largest absolute Gasteiger partial charge is 0.467 e. The summed E-state index contributed by atoms with van der Waals surface area (Å²) in [6.07, 6.45) is 3.24. The molecule has 1 fully saturated rings. The van der Waals surface area contributed by atoms with Gasteiger partial charge in [-0.25, -0.2) is 0 Å². The second-order valence-corrected chi connectivity index (χ2v) is 6.76. The lowest BCUT2D eigenvalue weighted by Crippen LogP contribution is -2.45. The number of carbonyl (C=O) groups excluding carboxylic acids is 2. The maximum absolute atomic E-state index is 12.8. The molecule has 2 aromatic rings. The molecule has 1 aromatic carbocycles. The molecular formula is C20H24N2O3. The van der Waals surface area contributed by atoms with Crippen molar-refractivity contribution in [3.05, 3.63) is 59.0 Å². The average molecular weight is 340 g/mol. The molecule has 2 amide bonds. The van der Waals surface area contributed by atoms with E-state index in [0.29, 0.717) is 25.2 Å². The van der Waals surface area contributed by atoms with Gasteiger partial charge >= 0.3 is 0 Å². The van der Waals surface area contributed by atoms with Gasteiger partial charge in [0.1, 0.15) is 5.76 Å². The summed E-state index contributed by atoms with van der Waals surface area (Å²) in [4.78, 5) is 27.0. The zero-order valence-corrected chi connectivity index (χ0v) is 14.7. The molecule has 1 aromatic heterocycles. The SMILES string of the molecule is Cc1cc(C)cc(C(=O)N2CCC[C@H](C(=O)NCc3ccco3)C2)c1. The van der Waals surface area contributed by atoms with Crippen LogP contribution in [0.15, 0.2) is 41.0 Å². The molecule has 0 radical (unpaired) electrons. The molecule has 0 unspecified atom stereocenters. The first kappa shape index (κ1) is 17.3. The Morgan fingerprint density at radius 2 is 2.00 bits per heavy atom. The Morgan fingerprint density at radius 1 is 1.24 bits per heavy atom. The van der Waals surface area contributed by atoms with Crippen molar-refractivity contribution in [3.63, 3.8) is 0 Å². The Balaban J connectivity index is 1.62. The maximum Gasteiger partial charge on any atom is 0.253 e. The number of aryl methyl sites for hydroxylation is 2. The van der Waals surface area contributed by atoms with Crippen molar-refractivity contribution in [3.8, 4) is 0 Å². The minimum absolute atomic E-state index is 0.00957. The smallest absolute Gasteiger partial charge is 0.253 e. The first-order chi connectivity index (χ1) is 12.0. The summed E-state index contributed by atoms with van der Waals surface area (Å²) in [5.41, 5.74) is 2.86. The van der Waals surface area contributed by atoms with Crippen LogP contribution in [0.3, 0.4) is 0 Å². The van der Waals surface area contributed by atoms with E-state index in [4.69, 9.17) is 4.42 Å². The summed E-state index contributed by atoms with van der Waals surface area (Å²) >= 11 is 0. The molecule has 5 nitrogen and oxygen atoms in total. The number of carbonyl (C=O) groups is 2. The number of rotatable bonds is 4. The van der Waals surface area contributed by atoms with Crippen LogP contribution in [0.5, 0.6) is 0 Å². The first-order valence-electron chi connectivity index (χ1n) is 8.70. The molecular weight excluding hydrogens is 316 g/mol. The minimum Gasteiger partial charge on any atom is -0.467 e. The van der Waals surface area contributed by atoms with E-state index in [-0.39, 0.29) is 17.7 Å². The van der Waals surface area contributed by atoms with Crippen molar-refractivity contribution in [2.75, 3.05) is 13.1 Å². The van der Waals surface area contributed by atoms with E-state index in [9.17, 15) is 9.59 Å². The van der Waals surface area contributed by atoms with Gasteiger partial charge in [0.2, 0.25) is 5.91 Å². The zero-order chi connectivity index (χ0) is 17.8. The summed E-state index contributed by atoms with van der Waals surface area (Å²) < 4.78 is 5.23. The van der Waals surface area contributed by atoms with E-state index in [1.54, 1.807) is 17.2 Å². The van der Waals surface area contributed by atoms with Crippen molar-refractivity contribution in [1.82, 2.24) is 10.2 Å². The van der Waals surface area contributed by atoms with Crippen LogP contribution in [-0.2, 0) is 11.3 Å². The van der Waals surface area contributed by atoms with E-state index in [1.165, 1.54) is 0 Å². The number of benzene rings is 1. The van der Waals surface area contributed by atoms with Crippen LogP contribution >= 0.6 is 0 Å². The molecule has 1 atom stereocenters. The highest BCUT2D eigenvalue weighted by molar-refractivity contribution is 5.95. The molecule has 0 saturated carbocycles. The van der Waals surface area contributed by atoms with Gasteiger partial charge in [-0.2, -0.15) is 0 Å². The molecule has 1 aliphatic rings. The average Bonchev–Trinajstić information content (AvgIpc) is 3.12. The molecule has 132 valence electrons. The predicted molar refractivity (Wildman–Crippen MR) is 95.1 cm³/mol. The van der Waals surface area contributed by atoms with Gasteiger partial charge in [0.15, 0.2) is 0 Å². The van der Waals surface area contributed by atoms with Gasteiger partial charge in [0.25, 0.3) is 5.91 Å². The van der Waals surface area contributed by atoms with Gasteiger partial charge in [-0.3, -0.25) is 9.59 Å². The zero-order valence-electron chi connectivity index (χ0n) is 14.7. The number of nitrogens with zero attached hydrogens (tertiary/aromatic N) is 1. The lowest BCUT2D eigenvalue weighted by molar-refractivity contribution is -0.126. The summed E-state index contributed by atoms with van der Waals surface area (Å²) in [5, 5.41) is 2.90. The number of nitrogens with one attached hydrogen (secondary N) is 1. The minimum atomic E-state index is -0.168. The van der Waals surface area contributed by atoms with Gasteiger partial charge in [-0.15, -0.1) is 0 Å². The van der Waals surface area contributed by atoms with Crippen molar-refractivity contribution >= 4 is 11.8 Å². The van der Waals surface area contributed by atoms with Crippen LogP contribution in [0.1, 0.15) is 40.1 Å². The fourth-order valence-corrected chi connectivity index (χ4v) is 3.39. The molecule has 1 saturated heterocycles. The van der Waals surface area contributed by atoms with E-state index in [2.05, 4.69) is 11.4 Å². The first-order valence-corrected chi connectivity index (χ1v) is 8.70. The number of furan rings is 1. The van der Waals surface area contributed by atoms with Crippen LogP contribution < -0.4 is 5.32 Å². The van der Waals surface area contributed by atoms with E-state index < -0.39 is 0 Å². The molecule has 1 aliphatic heterocycles. The Hall–Kier alpha value is -2.56. The Bertz CT molecular complexity index is 732. The van der Waals surface area contributed by atoms with Crippen molar-refractivity contribution in [2.45, 2.75) is 33.2 Å². The number of likely N-dealkylation sites (tertiary alicyclic amines) is 1. The van der Waals surface area contributed by atoms with E-state index in [0.717, 1.165) is 29.7 Å². The van der Waals surface area contributed by atoms with Gasteiger partial charge in [-0.05, 0) is 51.0 Å². The number of piperidine rings is 1. The number of amides is 2. The Kier molecular flexibility index (Phi) is 5.22. The molecule has 25 heavy (non-hydrogen) atoms. The monoisotopic (exact) mass is 340 g/mol. The van der Waals surface area contributed by atoms with Gasteiger partial charge in [0, 0.05) is 18.7 Å². The van der Waals surface area contributed by atoms with Crippen LogP contribution in [0.4, 0.5) is 0 Å². The van der Waals surface area contributed by atoms with Crippen LogP contribution in [0.2, 0.25) is 0 Å². The fraction of sp³-hybridized carbons (Fsp3) is 0.400. The molecule has 5 heteroatoms. The third-order valence-electron chi connectivity index (χ3n) is 4.56. The van der Waals surface area contributed by atoms with Gasteiger partial charge in [-0.1, -0.05) is 17.2 Å². The highest BCUT2D eigenvalue weighted by Gasteiger charge is 2.29. The van der Waals surface area contributed by atoms with Crippen LogP contribution in [0, 0.1) is 19.8 Å². The predicted octanol–water partition coefficient (Wildman–Crippen LogP) is 3.07. The highest BCUT2D eigenvalue weighted by Crippen LogP contribution is 2.20.